The predicted octanol–water partition coefficient (Wildman–Crippen LogP) is -2.83. The minimum Gasteiger partial charge on any atom is -0.370 e. The van der Waals surface area contributed by atoms with Crippen molar-refractivity contribution in [1.82, 2.24) is 37.2 Å². The highest BCUT2D eigenvalue weighted by Gasteiger charge is 2.39. The Labute approximate surface area is 338 Å². The van der Waals surface area contributed by atoms with E-state index in [1.54, 1.807) is 30.3 Å². The lowest BCUT2D eigenvalue weighted by atomic mass is 9.91. The van der Waals surface area contributed by atoms with Crippen molar-refractivity contribution in [2.75, 3.05) is 26.2 Å². The molecular weight excluding hydrogens is 752 g/mol. The first kappa shape index (κ1) is 48.4. The summed E-state index contributed by atoms with van der Waals surface area (Å²) in [7, 11) is 0. The number of aliphatic imine (C=N–C) groups is 1. The van der Waals surface area contributed by atoms with Crippen molar-refractivity contribution in [2.45, 2.75) is 115 Å². The Balaban J connectivity index is 2.52. The third kappa shape index (κ3) is 18.0. The summed E-state index contributed by atoms with van der Waals surface area (Å²) < 4.78 is 0. The Morgan fingerprint density at radius 2 is 1.53 bits per heavy atom. The molecule has 0 saturated carbocycles. The summed E-state index contributed by atoms with van der Waals surface area (Å²) in [5.74, 6) is -5.74. The van der Waals surface area contributed by atoms with Crippen LogP contribution in [-0.4, -0.2) is 109 Å². The molecule has 0 aliphatic carbocycles. The maximum atomic E-state index is 14.3. The molecule has 1 aliphatic rings. The van der Waals surface area contributed by atoms with Gasteiger partial charge >= 0.3 is 0 Å². The highest BCUT2D eigenvalue weighted by Crippen LogP contribution is 2.18. The second-order valence-electron chi connectivity index (χ2n) is 14.9. The Morgan fingerprint density at radius 3 is 2.17 bits per heavy atom. The minimum atomic E-state index is -1.64. The number of nitrogens with one attached hydrogen (secondary N) is 7. The molecule has 0 aromatic heterocycles. The number of nitrogens with two attached hydrogens (primary N) is 4. The van der Waals surface area contributed by atoms with Crippen molar-refractivity contribution in [3.05, 3.63) is 35.9 Å². The van der Waals surface area contributed by atoms with E-state index in [4.69, 9.17) is 22.9 Å². The van der Waals surface area contributed by atoms with Gasteiger partial charge in [0.25, 0.3) is 0 Å². The molecule has 8 amide bonds. The van der Waals surface area contributed by atoms with Gasteiger partial charge in [0.1, 0.15) is 29.7 Å². The van der Waals surface area contributed by atoms with Crippen LogP contribution in [0.3, 0.4) is 0 Å². The third-order valence-electron chi connectivity index (χ3n) is 9.31. The zero-order chi connectivity index (χ0) is 43.3. The minimum absolute atomic E-state index is 0.0124. The number of hydrogen-bond donors (Lipinski definition) is 11. The quantitative estimate of drug-likeness (QED) is 0.0548. The number of rotatable bonds is 13. The van der Waals surface area contributed by atoms with E-state index in [1.165, 1.54) is 6.92 Å². The monoisotopic (exact) mass is 814 g/mol. The molecule has 1 aromatic rings. The van der Waals surface area contributed by atoms with Gasteiger partial charge in [-0.2, -0.15) is 0 Å². The second kappa shape index (κ2) is 24.8. The maximum Gasteiger partial charge on any atom is 0.246 e. The van der Waals surface area contributed by atoms with E-state index in [9.17, 15) is 38.4 Å². The van der Waals surface area contributed by atoms with E-state index >= 15 is 0 Å². The molecule has 0 unspecified atom stereocenters. The number of nitrogens with zero attached hydrogens (tertiary/aromatic N) is 1. The van der Waals surface area contributed by atoms with Gasteiger partial charge in [-0.1, -0.05) is 44.2 Å². The topological polar surface area (TPSA) is 337 Å². The van der Waals surface area contributed by atoms with E-state index in [1.807, 2.05) is 13.8 Å². The molecule has 0 bridgehead atoms. The van der Waals surface area contributed by atoms with E-state index in [0.29, 0.717) is 12.8 Å². The van der Waals surface area contributed by atoms with E-state index in [2.05, 4.69) is 42.2 Å². The Morgan fingerprint density at radius 1 is 0.879 bits per heavy atom. The van der Waals surface area contributed by atoms with Crippen molar-refractivity contribution in [1.29, 1.82) is 0 Å². The summed E-state index contributed by atoms with van der Waals surface area (Å²) >= 11 is 0. The molecule has 20 nitrogen and oxygen atoms in total. The zero-order valence-electron chi connectivity index (χ0n) is 33.7. The first-order valence-electron chi connectivity index (χ1n) is 19.6. The van der Waals surface area contributed by atoms with Crippen molar-refractivity contribution in [2.24, 2.45) is 33.8 Å². The van der Waals surface area contributed by atoms with Crippen LogP contribution in [0, 0.1) is 5.92 Å². The van der Waals surface area contributed by atoms with Gasteiger partial charge in [0, 0.05) is 32.5 Å². The summed E-state index contributed by atoms with van der Waals surface area (Å²) in [4.78, 5) is 110. The van der Waals surface area contributed by atoms with Crippen LogP contribution in [0.1, 0.15) is 84.1 Å². The molecule has 2 rings (SSSR count). The predicted molar refractivity (Wildman–Crippen MR) is 216 cm³/mol. The maximum absolute atomic E-state index is 14.3. The van der Waals surface area contributed by atoms with Crippen molar-refractivity contribution in [3.8, 4) is 0 Å². The van der Waals surface area contributed by atoms with Gasteiger partial charge in [-0.25, -0.2) is 0 Å². The first-order chi connectivity index (χ1) is 27.4. The molecule has 1 saturated heterocycles. The molecule has 1 heterocycles. The van der Waals surface area contributed by atoms with Crippen LogP contribution in [0.4, 0.5) is 0 Å². The van der Waals surface area contributed by atoms with Gasteiger partial charge in [-0.3, -0.25) is 43.3 Å². The largest absolute Gasteiger partial charge is 0.370 e. The average molecular weight is 815 g/mol. The Kier molecular flexibility index (Phi) is 20.6. The van der Waals surface area contributed by atoms with Gasteiger partial charge in [0.05, 0.1) is 13.0 Å². The lowest BCUT2D eigenvalue weighted by Crippen LogP contribution is -2.64. The summed E-state index contributed by atoms with van der Waals surface area (Å²) in [6.45, 7) is 5.24. The molecule has 322 valence electrons. The summed E-state index contributed by atoms with van der Waals surface area (Å²) in [6, 6.07) is 3.89. The smallest absolute Gasteiger partial charge is 0.246 e. The van der Waals surface area contributed by atoms with Gasteiger partial charge < -0.3 is 60.2 Å². The lowest BCUT2D eigenvalue weighted by molar-refractivity contribution is -0.138. The van der Waals surface area contributed by atoms with Gasteiger partial charge in [0.2, 0.25) is 47.3 Å². The van der Waals surface area contributed by atoms with Crippen LogP contribution >= 0.6 is 0 Å². The van der Waals surface area contributed by atoms with Gasteiger partial charge in [-0.15, -0.1) is 0 Å². The number of carbonyl (C=O) groups excluding carboxylic acids is 8. The fourth-order valence-electron chi connectivity index (χ4n) is 6.12. The van der Waals surface area contributed by atoms with Gasteiger partial charge in [0.15, 0.2) is 5.96 Å². The fraction of sp³-hybridized carbons (Fsp3) is 0.605. The molecule has 20 heteroatoms. The van der Waals surface area contributed by atoms with Crippen LogP contribution in [-0.2, 0) is 44.8 Å². The Hall–Kier alpha value is -5.79. The van der Waals surface area contributed by atoms with Crippen LogP contribution in [0.15, 0.2) is 35.3 Å². The average Bonchev–Trinajstić information content (AvgIpc) is 3.16. The molecule has 58 heavy (non-hydrogen) atoms. The van der Waals surface area contributed by atoms with E-state index in [0.717, 1.165) is 5.56 Å². The number of amides is 8. The normalized spacial score (nSPS) is 22.6. The molecule has 0 radical (unpaired) electrons. The fourth-order valence-corrected chi connectivity index (χ4v) is 6.12. The summed E-state index contributed by atoms with van der Waals surface area (Å²) in [5, 5.41) is 18.7. The molecular formula is C38H62N12O8. The molecule has 5 atom stereocenters. The molecule has 1 aliphatic heterocycles. The van der Waals surface area contributed by atoms with Crippen molar-refractivity contribution in [3.63, 3.8) is 0 Å². The van der Waals surface area contributed by atoms with Crippen LogP contribution < -0.4 is 60.2 Å². The number of carbonyl (C=O) groups is 8. The summed E-state index contributed by atoms with van der Waals surface area (Å²) in [6.07, 6.45) is 1.10. The van der Waals surface area contributed by atoms with Crippen molar-refractivity contribution >= 4 is 53.2 Å². The molecule has 1 fully saturated rings. The molecule has 15 N–H and O–H groups in total. The van der Waals surface area contributed by atoms with Crippen LogP contribution in [0.5, 0.6) is 0 Å². The number of hydrogen-bond acceptors (Lipinski definition) is 10. The SMILES string of the molecule is CC(C)C[C@@H]1NC(=O)[C@@](C)(NC(=O)[C@@H](Cc2ccccc2)NC(=O)CN)CCCCNC(=O)CCCNC(=O)C[C@@H](C(N)=O)NC(=O)[C@H](CCCN=C(N)N)NC1=O. The van der Waals surface area contributed by atoms with Crippen LogP contribution in [0.25, 0.3) is 0 Å². The van der Waals surface area contributed by atoms with E-state index in [-0.39, 0.29) is 88.9 Å². The number of primary amides is 1. The molecule has 0 spiro atoms. The Bertz CT molecular complexity index is 1600. The molecule has 1 aromatic carbocycles. The highest BCUT2D eigenvalue weighted by atomic mass is 16.2. The lowest BCUT2D eigenvalue weighted by Gasteiger charge is -2.34. The van der Waals surface area contributed by atoms with Crippen molar-refractivity contribution < 1.29 is 38.4 Å². The zero-order valence-corrected chi connectivity index (χ0v) is 33.7. The number of guanidine groups is 1. The van der Waals surface area contributed by atoms with Gasteiger partial charge in [-0.05, 0) is 63.4 Å². The summed E-state index contributed by atoms with van der Waals surface area (Å²) in [5.41, 5.74) is 21.1. The number of benzene rings is 1. The second-order valence-corrected chi connectivity index (χ2v) is 14.9. The highest BCUT2D eigenvalue weighted by molar-refractivity contribution is 5.98. The third-order valence-corrected chi connectivity index (χ3v) is 9.31. The first-order valence-corrected chi connectivity index (χ1v) is 19.6. The standard InChI is InChI=1S/C38H62N12O8/c1-23(2)19-27-34(56)47-25(13-9-18-45-37(41)42)33(55)48-26(32(40)54)21-30(52)44-17-10-14-29(51)43-16-8-7-15-38(3,36(58)49-27)50-35(57)28(46-31(53)22-39)20-24-11-5-4-6-12-24/h4-6,11-12,23,25-28H,7-10,13-22,39H2,1-3H3,(H2,40,54)(H,43,51)(H,44,52)(H,46,53)(H,47,56)(H,48,55)(H,49,58)(H,50,57)(H4,41,42,45)/t25-,26-,27-,28+,38-/m0/s1. The van der Waals surface area contributed by atoms with E-state index < -0.39 is 77.5 Å². The van der Waals surface area contributed by atoms with Crippen LogP contribution in [0.2, 0.25) is 0 Å².